The average Bonchev–Trinajstić information content (AvgIpc) is 3.00. The molecule has 28 heavy (non-hydrogen) atoms. The summed E-state index contributed by atoms with van der Waals surface area (Å²) in [4.78, 5) is 16.2. The molecule has 0 fully saturated rings. The summed E-state index contributed by atoms with van der Waals surface area (Å²) in [6, 6.07) is 6.08. The number of aromatic nitrogens is 1. The van der Waals surface area contributed by atoms with Crippen molar-refractivity contribution >= 4 is 22.7 Å². The van der Waals surface area contributed by atoms with Crippen LogP contribution >= 0.6 is 0 Å². The molecule has 0 aliphatic carbocycles. The zero-order valence-corrected chi connectivity index (χ0v) is 15.7. The van der Waals surface area contributed by atoms with E-state index in [1.54, 1.807) is 0 Å². The Kier molecular flexibility index (Phi) is 5.31. The average molecular weight is 391 g/mol. The number of hydrogen-bond acceptors (Lipinski definition) is 4. The van der Waals surface area contributed by atoms with Crippen molar-refractivity contribution in [3.8, 4) is 0 Å². The Hall–Kier alpha value is -3.03. The van der Waals surface area contributed by atoms with Crippen molar-refractivity contribution in [2.24, 2.45) is 0 Å². The van der Waals surface area contributed by atoms with Gasteiger partial charge in [0.25, 0.3) is 5.91 Å². The zero-order valence-electron chi connectivity index (χ0n) is 15.7. The predicted molar refractivity (Wildman–Crippen MR) is 100 cm³/mol. The Morgan fingerprint density at radius 2 is 1.82 bits per heavy atom. The van der Waals surface area contributed by atoms with Gasteiger partial charge in [-0.1, -0.05) is 12.1 Å². The Morgan fingerprint density at radius 3 is 2.50 bits per heavy atom. The standard InChI is InChI=1S/C20H20F3N3O2/c1-11-6-7-12(2)16-15(11)13(3)17(28-16)19(27)26-10-9-25-18-14(20(21,22)23)5-4-8-24-18/h4-8H,9-10H2,1-3H3,(H,24,25)(H,26,27). The lowest BCUT2D eigenvalue weighted by Gasteiger charge is -2.13. The molecule has 0 spiro atoms. The molecule has 8 heteroatoms. The highest BCUT2D eigenvalue weighted by Gasteiger charge is 2.33. The van der Waals surface area contributed by atoms with Gasteiger partial charge in [-0.3, -0.25) is 4.79 Å². The minimum Gasteiger partial charge on any atom is -0.450 e. The summed E-state index contributed by atoms with van der Waals surface area (Å²) in [6.45, 7) is 5.86. The summed E-state index contributed by atoms with van der Waals surface area (Å²) >= 11 is 0. The molecule has 2 heterocycles. The number of rotatable bonds is 5. The first-order chi connectivity index (χ1) is 13.2. The van der Waals surface area contributed by atoms with Crippen LogP contribution in [0.15, 0.2) is 34.9 Å². The van der Waals surface area contributed by atoms with E-state index in [1.807, 2.05) is 32.9 Å². The molecule has 0 aliphatic heterocycles. The van der Waals surface area contributed by atoms with Crippen molar-refractivity contribution in [1.82, 2.24) is 10.3 Å². The van der Waals surface area contributed by atoms with E-state index in [0.717, 1.165) is 28.1 Å². The summed E-state index contributed by atoms with van der Waals surface area (Å²) in [5.41, 5.74) is 2.51. The third-order valence-corrected chi connectivity index (χ3v) is 4.50. The fourth-order valence-electron chi connectivity index (χ4n) is 3.10. The summed E-state index contributed by atoms with van der Waals surface area (Å²) in [6.07, 6.45) is -3.22. The Balaban J connectivity index is 1.66. The lowest BCUT2D eigenvalue weighted by atomic mass is 10.0. The summed E-state index contributed by atoms with van der Waals surface area (Å²) in [5, 5.41) is 6.18. The van der Waals surface area contributed by atoms with Gasteiger partial charge in [-0.2, -0.15) is 13.2 Å². The lowest BCUT2D eigenvalue weighted by Crippen LogP contribution is -2.29. The summed E-state index contributed by atoms with van der Waals surface area (Å²) < 4.78 is 44.6. The van der Waals surface area contributed by atoms with E-state index in [-0.39, 0.29) is 24.7 Å². The van der Waals surface area contributed by atoms with Crippen LogP contribution in [0.5, 0.6) is 0 Å². The van der Waals surface area contributed by atoms with Crippen LogP contribution in [-0.4, -0.2) is 24.0 Å². The van der Waals surface area contributed by atoms with Crippen LogP contribution in [0.2, 0.25) is 0 Å². The topological polar surface area (TPSA) is 67.2 Å². The van der Waals surface area contributed by atoms with Crippen LogP contribution in [0.1, 0.15) is 32.8 Å². The number of fused-ring (bicyclic) bond motifs is 1. The molecule has 0 saturated heterocycles. The molecule has 3 rings (SSSR count). The number of furan rings is 1. The number of nitrogens with zero attached hydrogens (tertiary/aromatic N) is 1. The number of nitrogens with one attached hydrogen (secondary N) is 2. The minimum absolute atomic E-state index is 0.0865. The second kappa shape index (κ2) is 7.53. The van der Waals surface area contributed by atoms with Gasteiger partial charge in [0.2, 0.25) is 0 Å². The molecule has 0 radical (unpaired) electrons. The van der Waals surface area contributed by atoms with Crippen molar-refractivity contribution < 1.29 is 22.4 Å². The molecular formula is C20H20F3N3O2. The molecule has 2 aromatic heterocycles. The van der Waals surface area contributed by atoms with Crippen molar-refractivity contribution in [1.29, 1.82) is 0 Å². The smallest absolute Gasteiger partial charge is 0.419 e. The molecule has 0 bridgehead atoms. The number of hydrogen-bond donors (Lipinski definition) is 2. The van der Waals surface area contributed by atoms with Gasteiger partial charge >= 0.3 is 6.18 Å². The Bertz CT molecular complexity index is 1030. The minimum atomic E-state index is -4.50. The summed E-state index contributed by atoms with van der Waals surface area (Å²) in [7, 11) is 0. The van der Waals surface area contributed by atoms with Gasteiger partial charge in [-0.15, -0.1) is 0 Å². The maximum atomic E-state index is 13.0. The molecule has 0 aliphatic rings. The van der Waals surface area contributed by atoms with Gasteiger partial charge in [0.1, 0.15) is 11.4 Å². The van der Waals surface area contributed by atoms with Crippen molar-refractivity contribution in [2.75, 3.05) is 18.4 Å². The number of pyridine rings is 1. The highest BCUT2D eigenvalue weighted by Crippen LogP contribution is 2.33. The molecule has 148 valence electrons. The highest BCUT2D eigenvalue weighted by molar-refractivity contribution is 6.00. The number of benzene rings is 1. The number of alkyl halides is 3. The maximum Gasteiger partial charge on any atom is 0.419 e. The van der Waals surface area contributed by atoms with Crippen LogP contribution in [0.4, 0.5) is 19.0 Å². The first-order valence-electron chi connectivity index (χ1n) is 8.73. The number of amides is 1. The lowest BCUT2D eigenvalue weighted by molar-refractivity contribution is -0.137. The van der Waals surface area contributed by atoms with Gasteiger partial charge in [0.15, 0.2) is 5.76 Å². The van der Waals surface area contributed by atoms with E-state index in [4.69, 9.17) is 4.42 Å². The number of halogens is 3. The largest absolute Gasteiger partial charge is 0.450 e. The molecule has 3 aromatic rings. The third kappa shape index (κ3) is 3.81. The Morgan fingerprint density at radius 1 is 1.11 bits per heavy atom. The molecule has 1 aromatic carbocycles. The molecule has 0 saturated carbocycles. The molecule has 5 nitrogen and oxygen atoms in total. The van der Waals surface area contributed by atoms with Gasteiger partial charge < -0.3 is 15.1 Å². The van der Waals surface area contributed by atoms with E-state index in [0.29, 0.717) is 5.58 Å². The van der Waals surface area contributed by atoms with Crippen LogP contribution in [-0.2, 0) is 6.18 Å². The monoisotopic (exact) mass is 391 g/mol. The second-order valence-corrected chi connectivity index (χ2v) is 6.54. The van der Waals surface area contributed by atoms with Crippen LogP contribution in [0, 0.1) is 20.8 Å². The number of aryl methyl sites for hydroxylation is 3. The van der Waals surface area contributed by atoms with Gasteiger partial charge in [0.05, 0.1) is 5.56 Å². The predicted octanol–water partition coefficient (Wildman–Crippen LogP) is 4.61. The maximum absolute atomic E-state index is 13.0. The molecule has 2 N–H and O–H groups in total. The first-order valence-corrected chi connectivity index (χ1v) is 8.73. The molecule has 0 atom stereocenters. The van der Waals surface area contributed by atoms with Crippen molar-refractivity contribution in [2.45, 2.75) is 26.9 Å². The molecule has 0 unspecified atom stereocenters. The number of carbonyl (C=O) groups is 1. The number of anilines is 1. The van der Waals surface area contributed by atoms with E-state index in [9.17, 15) is 18.0 Å². The third-order valence-electron chi connectivity index (χ3n) is 4.50. The SMILES string of the molecule is Cc1ccc(C)c2c(C)c(C(=O)NCCNc3ncccc3C(F)(F)F)oc12. The Labute approximate surface area is 159 Å². The quantitative estimate of drug-likeness (QED) is 0.623. The molecule has 1 amide bonds. The fourth-order valence-corrected chi connectivity index (χ4v) is 3.10. The van der Waals surface area contributed by atoms with Crippen LogP contribution in [0.3, 0.4) is 0 Å². The van der Waals surface area contributed by atoms with Gasteiger partial charge in [0, 0.05) is 30.2 Å². The fraction of sp³-hybridized carbons (Fsp3) is 0.300. The van der Waals surface area contributed by atoms with E-state index in [2.05, 4.69) is 15.6 Å². The first kappa shape index (κ1) is 19.7. The van der Waals surface area contributed by atoms with Crippen LogP contribution < -0.4 is 10.6 Å². The van der Waals surface area contributed by atoms with E-state index >= 15 is 0 Å². The van der Waals surface area contributed by atoms with Crippen molar-refractivity contribution in [3.63, 3.8) is 0 Å². The number of carbonyl (C=O) groups excluding carboxylic acids is 1. The summed E-state index contributed by atoms with van der Waals surface area (Å²) in [5.74, 6) is -0.469. The second-order valence-electron chi connectivity index (χ2n) is 6.54. The van der Waals surface area contributed by atoms with E-state index in [1.165, 1.54) is 12.3 Å². The zero-order chi connectivity index (χ0) is 20.5. The van der Waals surface area contributed by atoms with Gasteiger partial charge in [-0.25, -0.2) is 4.98 Å². The van der Waals surface area contributed by atoms with Gasteiger partial charge in [-0.05, 0) is 44.0 Å². The molecular weight excluding hydrogens is 371 g/mol. The van der Waals surface area contributed by atoms with Crippen LogP contribution in [0.25, 0.3) is 11.0 Å². The normalized spacial score (nSPS) is 11.6. The van der Waals surface area contributed by atoms with Crippen molar-refractivity contribution in [3.05, 3.63) is 58.5 Å². The highest BCUT2D eigenvalue weighted by atomic mass is 19.4. The van der Waals surface area contributed by atoms with E-state index < -0.39 is 17.6 Å².